The average molecular weight is 272 g/mol. The summed E-state index contributed by atoms with van der Waals surface area (Å²) in [6.07, 6.45) is 6.37. The van der Waals surface area contributed by atoms with E-state index in [1.165, 1.54) is 5.56 Å². The maximum atomic E-state index is 5.43. The third-order valence-electron chi connectivity index (χ3n) is 2.86. The van der Waals surface area contributed by atoms with Crippen LogP contribution in [0.3, 0.4) is 0 Å². The zero-order valence-electron chi connectivity index (χ0n) is 11.6. The highest BCUT2D eigenvalue weighted by Gasteiger charge is 2.03. The summed E-state index contributed by atoms with van der Waals surface area (Å²) >= 11 is 0. The fraction of sp³-hybridized carbons (Fsp3) is 0.357. The van der Waals surface area contributed by atoms with Crippen LogP contribution in [0, 0.1) is 0 Å². The molecule has 0 saturated heterocycles. The molecule has 4 N–H and O–H groups in total. The molecule has 2 heterocycles. The second kappa shape index (κ2) is 7.40. The minimum Gasteiger partial charge on any atom is -0.370 e. The molecule has 6 heteroatoms. The Morgan fingerprint density at radius 1 is 1.10 bits per heavy atom. The molecule has 0 bridgehead atoms. The van der Waals surface area contributed by atoms with Crippen molar-refractivity contribution in [3.05, 3.63) is 42.0 Å². The molecule has 6 nitrogen and oxygen atoms in total. The zero-order chi connectivity index (χ0) is 14.2. The van der Waals surface area contributed by atoms with Crippen molar-refractivity contribution >= 4 is 11.6 Å². The molecule has 0 fully saturated rings. The highest BCUT2D eigenvalue weighted by atomic mass is 15.3. The van der Waals surface area contributed by atoms with Crippen LogP contribution in [0.5, 0.6) is 0 Å². The third kappa shape index (κ3) is 4.17. The van der Waals surface area contributed by atoms with E-state index in [1.54, 1.807) is 12.4 Å². The van der Waals surface area contributed by atoms with Crippen LogP contribution in [0.4, 0.5) is 11.6 Å². The summed E-state index contributed by atoms with van der Waals surface area (Å²) in [5.41, 5.74) is 3.82. The molecule has 0 aliphatic carbocycles. The van der Waals surface area contributed by atoms with E-state index in [1.807, 2.05) is 18.2 Å². The Balaban J connectivity index is 1.96. The van der Waals surface area contributed by atoms with Gasteiger partial charge in [-0.05, 0) is 30.5 Å². The van der Waals surface area contributed by atoms with E-state index >= 15 is 0 Å². The Labute approximate surface area is 118 Å². The molecular formula is C14H20N6. The van der Waals surface area contributed by atoms with Crippen molar-refractivity contribution in [1.82, 2.24) is 15.0 Å². The van der Waals surface area contributed by atoms with Gasteiger partial charge in [-0.15, -0.1) is 0 Å². The third-order valence-corrected chi connectivity index (χ3v) is 2.86. The van der Waals surface area contributed by atoms with Crippen molar-refractivity contribution in [3.8, 4) is 0 Å². The van der Waals surface area contributed by atoms with Gasteiger partial charge in [-0.1, -0.05) is 6.92 Å². The van der Waals surface area contributed by atoms with E-state index in [9.17, 15) is 0 Å². The van der Waals surface area contributed by atoms with Crippen molar-refractivity contribution in [3.63, 3.8) is 0 Å². The van der Waals surface area contributed by atoms with Crippen molar-refractivity contribution in [2.75, 3.05) is 17.3 Å². The molecule has 0 radical (unpaired) electrons. The van der Waals surface area contributed by atoms with E-state index in [0.717, 1.165) is 37.4 Å². The van der Waals surface area contributed by atoms with Crippen LogP contribution in [0.15, 0.2) is 30.6 Å². The average Bonchev–Trinajstić information content (AvgIpc) is 2.48. The van der Waals surface area contributed by atoms with E-state index < -0.39 is 0 Å². The van der Waals surface area contributed by atoms with Crippen LogP contribution in [-0.2, 0) is 12.8 Å². The minimum atomic E-state index is 0.634. The number of hydrogen-bond acceptors (Lipinski definition) is 6. The predicted octanol–water partition coefficient (Wildman–Crippen LogP) is 1.76. The summed E-state index contributed by atoms with van der Waals surface area (Å²) in [7, 11) is 0. The van der Waals surface area contributed by atoms with Crippen LogP contribution in [-0.4, -0.2) is 21.5 Å². The van der Waals surface area contributed by atoms with Gasteiger partial charge in [-0.25, -0.2) is 15.8 Å². The summed E-state index contributed by atoms with van der Waals surface area (Å²) in [5, 5.41) is 3.30. The quantitative estimate of drug-likeness (QED) is 0.526. The van der Waals surface area contributed by atoms with Gasteiger partial charge in [0.15, 0.2) is 0 Å². The predicted molar refractivity (Wildman–Crippen MR) is 80.3 cm³/mol. The molecule has 0 aliphatic rings. The van der Waals surface area contributed by atoms with Gasteiger partial charge in [0.25, 0.3) is 0 Å². The molecule has 0 aliphatic heterocycles. The van der Waals surface area contributed by atoms with E-state index in [4.69, 9.17) is 5.84 Å². The van der Waals surface area contributed by atoms with Gasteiger partial charge < -0.3 is 10.7 Å². The number of nitrogens with one attached hydrogen (secondary N) is 2. The fourth-order valence-electron chi connectivity index (χ4n) is 1.88. The molecule has 0 aromatic carbocycles. The smallest absolute Gasteiger partial charge is 0.145 e. The van der Waals surface area contributed by atoms with Crippen molar-refractivity contribution in [2.24, 2.45) is 5.84 Å². The number of hydrogen-bond donors (Lipinski definition) is 3. The lowest BCUT2D eigenvalue weighted by atomic mass is 10.2. The first-order valence-corrected chi connectivity index (χ1v) is 6.79. The number of pyridine rings is 1. The first-order chi connectivity index (χ1) is 9.81. The lowest BCUT2D eigenvalue weighted by Crippen LogP contribution is -2.13. The van der Waals surface area contributed by atoms with Crippen molar-refractivity contribution < 1.29 is 0 Å². The molecule has 20 heavy (non-hydrogen) atoms. The topological polar surface area (TPSA) is 88.8 Å². The zero-order valence-corrected chi connectivity index (χ0v) is 11.6. The molecule has 2 rings (SSSR count). The minimum absolute atomic E-state index is 0.634. The number of nitrogens with zero attached hydrogens (tertiary/aromatic N) is 3. The monoisotopic (exact) mass is 272 g/mol. The molecular weight excluding hydrogens is 252 g/mol. The van der Waals surface area contributed by atoms with Crippen LogP contribution < -0.4 is 16.6 Å². The fourth-order valence-corrected chi connectivity index (χ4v) is 1.88. The Bertz CT molecular complexity index is 528. The first kappa shape index (κ1) is 14.2. The standard InChI is InChI=1S/C14H20N6/c1-2-3-12-18-13(10-14(19-12)20-15)17-9-6-11-4-7-16-8-5-11/h4-5,7-8,10H,2-3,6,9,15H2,1H3,(H2,17,18,19,20). The molecule has 2 aromatic heterocycles. The van der Waals surface area contributed by atoms with Gasteiger partial charge in [0.05, 0.1) is 0 Å². The summed E-state index contributed by atoms with van der Waals surface area (Å²) in [6.45, 7) is 2.90. The summed E-state index contributed by atoms with van der Waals surface area (Å²) in [5.74, 6) is 7.66. The van der Waals surface area contributed by atoms with Gasteiger partial charge in [0, 0.05) is 31.4 Å². The Kier molecular flexibility index (Phi) is 5.25. The van der Waals surface area contributed by atoms with Gasteiger partial charge in [0.1, 0.15) is 17.5 Å². The highest BCUT2D eigenvalue weighted by molar-refractivity contribution is 5.46. The Hall–Kier alpha value is -2.21. The number of nitrogen functional groups attached to an aromatic ring is 1. The largest absolute Gasteiger partial charge is 0.370 e. The van der Waals surface area contributed by atoms with Crippen LogP contribution in [0.1, 0.15) is 24.7 Å². The summed E-state index contributed by atoms with van der Waals surface area (Å²) in [4.78, 5) is 12.8. The lowest BCUT2D eigenvalue weighted by molar-refractivity contribution is 0.833. The second-order valence-electron chi connectivity index (χ2n) is 4.48. The number of nitrogens with two attached hydrogens (primary N) is 1. The number of anilines is 2. The molecule has 0 spiro atoms. The van der Waals surface area contributed by atoms with Crippen LogP contribution in [0.25, 0.3) is 0 Å². The second-order valence-corrected chi connectivity index (χ2v) is 4.48. The maximum absolute atomic E-state index is 5.43. The molecule has 0 atom stereocenters. The van der Waals surface area contributed by atoms with Gasteiger partial charge in [-0.3, -0.25) is 4.98 Å². The molecule has 0 unspecified atom stereocenters. The van der Waals surface area contributed by atoms with Crippen molar-refractivity contribution in [2.45, 2.75) is 26.2 Å². The number of aryl methyl sites for hydroxylation is 1. The molecule has 106 valence electrons. The van der Waals surface area contributed by atoms with Crippen molar-refractivity contribution in [1.29, 1.82) is 0 Å². The summed E-state index contributed by atoms with van der Waals surface area (Å²) in [6, 6.07) is 5.83. The van der Waals surface area contributed by atoms with E-state index in [-0.39, 0.29) is 0 Å². The van der Waals surface area contributed by atoms with E-state index in [2.05, 4.69) is 32.6 Å². The van der Waals surface area contributed by atoms with E-state index in [0.29, 0.717) is 5.82 Å². The van der Waals surface area contributed by atoms with Crippen LogP contribution >= 0.6 is 0 Å². The van der Waals surface area contributed by atoms with Gasteiger partial charge in [0.2, 0.25) is 0 Å². The molecule has 0 saturated carbocycles. The maximum Gasteiger partial charge on any atom is 0.145 e. The normalized spacial score (nSPS) is 10.3. The first-order valence-electron chi connectivity index (χ1n) is 6.79. The molecule has 2 aromatic rings. The molecule has 0 amide bonds. The van der Waals surface area contributed by atoms with Crippen LogP contribution in [0.2, 0.25) is 0 Å². The SMILES string of the molecule is CCCc1nc(NN)cc(NCCc2ccncc2)n1. The van der Waals surface area contributed by atoms with Gasteiger partial charge in [-0.2, -0.15) is 0 Å². The summed E-state index contributed by atoms with van der Waals surface area (Å²) < 4.78 is 0. The number of rotatable bonds is 7. The highest BCUT2D eigenvalue weighted by Crippen LogP contribution is 2.11. The Morgan fingerprint density at radius 3 is 2.55 bits per heavy atom. The number of aromatic nitrogens is 3. The van der Waals surface area contributed by atoms with Gasteiger partial charge >= 0.3 is 0 Å². The lowest BCUT2D eigenvalue weighted by Gasteiger charge is -2.09. The number of hydrazine groups is 1. The Morgan fingerprint density at radius 2 is 1.85 bits per heavy atom.